The number of hydrogen-bond acceptors (Lipinski definition) is 6. The van der Waals surface area contributed by atoms with Gasteiger partial charge in [-0.15, -0.1) is 0 Å². The van der Waals surface area contributed by atoms with Crippen LogP contribution in [0.2, 0.25) is 0 Å². The standard InChI is InChI=1S/C14H15F2N3O3/c1-20-11-6-8(2-3-10(11)21-14(15)16)12-18-13(22-19-12)9-4-5-17-7-9/h2-3,6,9,14,17H,4-5,7H2,1H3/t9-/m1/s1. The third-order valence-electron chi connectivity index (χ3n) is 3.49. The molecule has 2 aromatic rings. The van der Waals surface area contributed by atoms with Crippen LogP contribution in [0.3, 0.4) is 0 Å². The number of rotatable bonds is 5. The van der Waals surface area contributed by atoms with Crippen LogP contribution >= 0.6 is 0 Å². The van der Waals surface area contributed by atoms with Gasteiger partial charge in [0.05, 0.1) is 13.0 Å². The molecule has 1 saturated heterocycles. The third kappa shape index (κ3) is 3.01. The van der Waals surface area contributed by atoms with Gasteiger partial charge in [-0.1, -0.05) is 5.16 Å². The van der Waals surface area contributed by atoms with Crippen molar-refractivity contribution in [3.63, 3.8) is 0 Å². The van der Waals surface area contributed by atoms with Crippen molar-refractivity contribution in [3.05, 3.63) is 24.1 Å². The van der Waals surface area contributed by atoms with E-state index in [1.54, 1.807) is 12.1 Å². The molecule has 1 aliphatic heterocycles. The average molecular weight is 311 g/mol. The lowest BCUT2D eigenvalue weighted by molar-refractivity contribution is -0.0512. The summed E-state index contributed by atoms with van der Waals surface area (Å²) in [5.41, 5.74) is 0.611. The number of nitrogens with zero attached hydrogens (tertiary/aromatic N) is 2. The van der Waals surface area contributed by atoms with Crippen LogP contribution in [-0.2, 0) is 0 Å². The van der Waals surface area contributed by atoms with Crippen molar-refractivity contribution in [2.45, 2.75) is 19.0 Å². The molecule has 0 saturated carbocycles. The minimum atomic E-state index is -2.91. The SMILES string of the molecule is COc1cc(-c2noc([C@@H]3CCNC3)n2)ccc1OC(F)F. The predicted molar refractivity (Wildman–Crippen MR) is 73.1 cm³/mol. The zero-order valence-corrected chi connectivity index (χ0v) is 11.9. The third-order valence-corrected chi connectivity index (χ3v) is 3.49. The maximum absolute atomic E-state index is 12.3. The zero-order valence-electron chi connectivity index (χ0n) is 11.9. The number of hydrogen-bond donors (Lipinski definition) is 1. The first kappa shape index (κ1) is 14.7. The van der Waals surface area contributed by atoms with E-state index in [0.717, 1.165) is 19.5 Å². The number of nitrogens with one attached hydrogen (secondary N) is 1. The topological polar surface area (TPSA) is 69.4 Å². The van der Waals surface area contributed by atoms with E-state index in [9.17, 15) is 8.78 Å². The summed E-state index contributed by atoms with van der Waals surface area (Å²) < 4.78 is 39.3. The molecule has 0 amide bonds. The number of benzene rings is 1. The van der Waals surface area contributed by atoms with E-state index in [1.807, 2.05) is 0 Å². The Kier molecular flexibility index (Phi) is 4.19. The summed E-state index contributed by atoms with van der Waals surface area (Å²) in [7, 11) is 1.38. The number of halogens is 2. The first-order chi connectivity index (χ1) is 10.7. The highest BCUT2D eigenvalue weighted by Gasteiger charge is 2.23. The van der Waals surface area contributed by atoms with Crippen LogP contribution in [0, 0.1) is 0 Å². The van der Waals surface area contributed by atoms with E-state index in [-0.39, 0.29) is 17.4 Å². The van der Waals surface area contributed by atoms with Gasteiger partial charge in [0.15, 0.2) is 11.5 Å². The molecular weight excluding hydrogens is 296 g/mol. The Morgan fingerprint density at radius 2 is 2.23 bits per heavy atom. The molecule has 118 valence electrons. The van der Waals surface area contributed by atoms with Gasteiger partial charge in [0.1, 0.15) is 0 Å². The number of methoxy groups -OCH3 is 1. The van der Waals surface area contributed by atoms with Gasteiger partial charge in [-0.2, -0.15) is 13.8 Å². The Hall–Kier alpha value is -2.22. The Balaban J connectivity index is 1.85. The summed E-state index contributed by atoms with van der Waals surface area (Å²) in [6.45, 7) is -1.17. The maximum atomic E-state index is 12.3. The van der Waals surface area contributed by atoms with Gasteiger partial charge in [0.25, 0.3) is 0 Å². The molecule has 2 heterocycles. The number of alkyl halides is 2. The fourth-order valence-corrected chi connectivity index (χ4v) is 2.38. The van der Waals surface area contributed by atoms with Crippen LogP contribution in [0.5, 0.6) is 11.5 Å². The zero-order chi connectivity index (χ0) is 15.5. The number of ether oxygens (including phenoxy) is 2. The van der Waals surface area contributed by atoms with E-state index in [2.05, 4.69) is 20.2 Å². The largest absolute Gasteiger partial charge is 0.493 e. The molecule has 1 N–H and O–H groups in total. The van der Waals surface area contributed by atoms with Gasteiger partial charge < -0.3 is 19.3 Å². The van der Waals surface area contributed by atoms with Crippen LogP contribution in [0.25, 0.3) is 11.4 Å². The lowest BCUT2D eigenvalue weighted by Crippen LogP contribution is -2.08. The van der Waals surface area contributed by atoms with Crippen LogP contribution < -0.4 is 14.8 Å². The lowest BCUT2D eigenvalue weighted by Gasteiger charge is -2.10. The minimum Gasteiger partial charge on any atom is -0.493 e. The van der Waals surface area contributed by atoms with E-state index >= 15 is 0 Å². The van der Waals surface area contributed by atoms with Gasteiger partial charge in [-0.25, -0.2) is 0 Å². The summed E-state index contributed by atoms with van der Waals surface area (Å²) in [6, 6.07) is 4.52. The smallest absolute Gasteiger partial charge is 0.387 e. The van der Waals surface area contributed by atoms with Crippen molar-refractivity contribution in [3.8, 4) is 22.9 Å². The molecule has 22 heavy (non-hydrogen) atoms. The maximum Gasteiger partial charge on any atom is 0.387 e. The quantitative estimate of drug-likeness (QED) is 0.914. The van der Waals surface area contributed by atoms with Crippen LogP contribution in [-0.4, -0.2) is 37.0 Å². The van der Waals surface area contributed by atoms with Gasteiger partial charge in [0.2, 0.25) is 11.7 Å². The van der Waals surface area contributed by atoms with Crippen molar-refractivity contribution >= 4 is 0 Å². The second-order valence-corrected chi connectivity index (χ2v) is 4.89. The Morgan fingerprint density at radius 3 is 2.91 bits per heavy atom. The summed E-state index contributed by atoms with van der Waals surface area (Å²) >= 11 is 0. The van der Waals surface area contributed by atoms with E-state index in [0.29, 0.717) is 17.3 Å². The molecular formula is C14H15F2N3O3. The molecule has 0 aliphatic carbocycles. The summed E-state index contributed by atoms with van der Waals surface area (Å²) in [4.78, 5) is 4.37. The predicted octanol–water partition coefficient (Wildman–Crippen LogP) is 2.42. The van der Waals surface area contributed by atoms with Crippen LogP contribution in [0.1, 0.15) is 18.2 Å². The molecule has 0 bridgehead atoms. The van der Waals surface area contributed by atoms with Crippen molar-refractivity contribution in [1.29, 1.82) is 0 Å². The molecule has 1 atom stereocenters. The van der Waals surface area contributed by atoms with Crippen LogP contribution in [0.4, 0.5) is 8.78 Å². The lowest BCUT2D eigenvalue weighted by atomic mass is 10.1. The summed E-state index contributed by atoms with van der Waals surface area (Å²) in [5, 5.41) is 7.17. The second kappa shape index (κ2) is 6.27. The van der Waals surface area contributed by atoms with Crippen molar-refractivity contribution in [1.82, 2.24) is 15.5 Å². The summed E-state index contributed by atoms with van der Waals surface area (Å²) in [6.07, 6.45) is 0.951. The van der Waals surface area contributed by atoms with Gasteiger partial charge in [0, 0.05) is 12.1 Å². The van der Waals surface area contributed by atoms with Gasteiger partial charge in [-0.05, 0) is 31.2 Å². The Bertz CT molecular complexity index is 642. The molecule has 0 unspecified atom stereocenters. The normalized spacial score (nSPS) is 17.9. The fraction of sp³-hybridized carbons (Fsp3) is 0.429. The molecule has 3 rings (SSSR count). The van der Waals surface area contributed by atoms with E-state index in [1.165, 1.54) is 13.2 Å². The highest BCUT2D eigenvalue weighted by molar-refractivity contribution is 5.60. The first-order valence-corrected chi connectivity index (χ1v) is 6.85. The first-order valence-electron chi connectivity index (χ1n) is 6.85. The molecule has 8 heteroatoms. The highest BCUT2D eigenvalue weighted by atomic mass is 19.3. The van der Waals surface area contributed by atoms with E-state index < -0.39 is 6.61 Å². The number of aromatic nitrogens is 2. The molecule has 0 radical (unpaired) electrons. The monoisotopic (exact) mass is 311 g/mol. The molecule has 1 aromatic heterocycles. The Morgan fingerprint density at radius 1 is 1.36 bits per heavy atom. The fourth-order valence-electron chi connectivity index (χ4n) is 2.38. The molecule has 0 spiro atoms. The highest BCUT2D eigenvalue weighted by Crippen LogP contribution is 2.33. The van der Waals surface area contributed by atoms with Gasteiger partial charge >= 0.3 is 6.61 Å². The van der Waals surface area contributed by atoms with Crippen LogP contribution in [0.15, 0.2) is 22.7 Å². The van der Waals surface area contributed by atoms with Crippen molar-refractivity contribution in [2.75, 3.05) is 20.2 Å². The van der Waals surface area contributed by atoms with Crippen molar-refractivity contribution in [2.24, 2.45) is 0 Å². The molecule has 6 nitrogen and oxygen atoms in total. The minimum absolute atomic E-state index is 0.0371. The summed E-state index contributed by atoms with van der Waals surface area (Å²) in [5.74, 6) is 1.33. The van der Waals surface area contributed by atoms with Crippen molar-refractivity contribution < 1.29 is 22.8 Å². The van der Waals surface area contributed by atoms with E-state index in [4.69, 9.17) is 9.26 Å². The molecule has 1 aliphatic rings. The Labute approximate surface area is 125 Å². The molecule has 1 aromatic carbocycles. The van der Waals surface area contributed by atoms with Gasteiger partial charge in [-0.3, -0.25) is 0 Å². The molecule has 1 fully saturated rings. The second-order valence-electron chi connectivity index (χ2n) is 4.89. The average Bonchev–Trinajstić information content (AvgIpc) is 3.18.